The van der Waals surface area contributed by atoms with Crippen molar-refractivity contribution < 1.29 is 9.53 Å². The molecule has 0 saturated carbocycles. The van der Waals surface area contributed by atoms with Crippen LogP contribution in [0.1, 0.15) is 28.0 Å². The highest BCUT2D eigenvalue weighted by Gasteiger charge is 2.16. The van der Waals surface area contributed by atoms with E-state index in [2.05, 4.69) is 28.8 Å². The van der Waals surface area contributed by atoms with E-state index in [0.717, 1.165) is 42.1 Å². The summed E-state index contributed by atoms with van der Waals surface area (Å²) in [6.07, 6.45) is 1.98. The topological polar surface area (TPSA) is 57.2 Å². The monoisotopic (exact) mass is 348 g/mol. The van der Waals surface area contributed by atoms with Crippen molar-refractivity contribution in [3.8, 4) is 17.0 Å². The third kappa shape index (κ3) is 3.80. The number of carbonyl (C=O) groups excluding carboxylic acids is 1. The van der Waals surface area contributed by atoms with Gasteiger partial charge in [0.2, 0.25) is 0 Å². The first kappa shape index (κ1) is 17.8. The Balaban J connectivity index is 1.87. The fourth-order valence-corrected chi connectivity index (χ4v) is 3.27. The molecule has 4 heteroatoms. The highest BCUT2D eigenvalue weighted by molar-refractivity contribution is 5.95. The quantitative estimate of drug-likeness (QED) is 0.695. The fraction of sp³-hybridized carbons (Fsp3) is 0.227. The van der Waals surface area contributed by atoms with Crippen LogP contribution in [0.15, 0.2) is 60.7 Å². The average molecular weight is 348 g/mol. The van der Waals surface area contributed by atoms with E-state index in [9.17, 15) is 4.79 Å². The number of hydrogen-bond acceptors (Lipinski definition) is 2. The van der Waals surface area contributed by atoms with Crippen molar-refractivity contribution in [2.75, 3.05) is 7.11 Å². The van der Waals surface area contributed by atoms with Crippen molar-refractivity contribution >= 4 is 5.91 Å². The molecule has 2 N–H and O–H groups in total. The number of rotatable bonds is 7. The van der Waals surface area contributed by atoms with Crippen molar-refractivity contribution in [3.63, 3.8) is 0 Å². The lowest BCUT2D eigenvalue weighted by molar-refractivity contribution is 0.0999. The molecule has 1 heterocycles. The van der Waals surface area contributed by atoms with Crippen LogP contribution in [0.2, 0.25) is 0 Å². The average Bonchev–Trinajstić information content (AvgIpc) is 3.00. The smallest absolute Gasteiger partial charge is 0.250 e. The lowest BCUT2D eigenvalue weighted by Gasteiger charge is -2.12. The summed E-state index contributed by atoms with van der Waals surface area (Å²) >= 11 is 0. The Kier molecular flexibility index (Phi) is 5.42. The van der Waals surface area contributed by atoms with E-state index in [1.807, 2.05) is 43.3 Å². The minimum absolute atomic E-state index is 0.390. The summed E-state index contributed by atoms with van der Waals surface area (Å²) in [4.78, 5) is 11.8. The van der Waals surface area contributed by atoms with Gasteiger partial charge in [0.1, 0.15) is 5.75 Å². The molecule has 0 fully saturated rings. The maximum Gasteiger partial charge on any atom is 0.250 e. The molecule has 0 unspecified atom stereocenters. The van der Waals surface area contributed by atoms with E-state index in [1.165, 1.54) is 5.56 Å². The fourth-order valence-electron chi connectivity index (χ4n) is 3.27. The van der Waals surface area contributed by atoms with Crippen LogP contribution < -0.4 is 10.5 Å². The first-order valence-corrected chi connectivity index (χ1v) is 8.78. The van der Waals surface area contributed by atoms with Gasteiger partial charge in [-0.2, -0.15) is 0 Å². The highest BCUT2D eigenvalue weighted by Crippen LogP contribution is 2.28. The van der Waals surface area contributed by atoms with Crippen molar-refractivity contribution in [2.24, 2.45) is 5.73 Å². The molecule has 3 aromatic rings. The zero-order valence-corrected chi connectivity index (χ0v) is 15.2. The molecule has 0 saturated heterocycles. The van der Waals surface area contributed by atoms with Crippen LogP contribution in [0.3, 0.4) is 0 Å². The molecule has 0 bridgehead atoms. The Hall–Kier alpha value is -3.01. The molecule has 26 heavy (non-hydrogen) atoms. The van der Waals surface area contributed by atoms with Gasteiger partial charge < -0.3 is 15.0 Å². The van der Waals surface area contributed by atoms with Crippen LogP contribution in [-0.2, 0) is 13.0 Å². The second kappa shape index (κ2) is 7.91. The molecule has 0 atom stereocenters. The van der Waals surface area contributed by atoms with Gasteiger partial charge >= 0.3 is 0 Å². The maximum atomic E-state index is 11.8. The molecule has 1 aromatic heterocycles. The van der Waals surface area contributed by atoms with E-state index in [-0.39, 0.29) is 5.91 Å². The minimum Gasteiger partial charge on any atom is -0.497 e. The molecule has 1 amide bonds. The van der Waals surface area contributed by atoms with Crippen LogP contribution in [0, 0.1) is 6.92 Å². The summed E-state index contributed by atoms with van der Waals surface area (Å²) < 4.78 is 7.42. The maximum absolute atomic E-state index is 11.8. The Morgan fingerprint density at radius 3 is 2.38 bits per heavy atom. The summed E-state index contributed by atoms with van der Waals surface area (Å²) in [5.74, 6) is 0.418. The summed E-state index contributed by atoms with van der Waals surface area (Å²) in [6, 6.07) is 20.2. The van der Waals surface area contributed by atoms with E-state index in [0.29, 0.717) is 5.56 Å². The summed E-state index contributed by atoms with van der Waals surface area (Å²) in [6.45, 7) is 2.78. The minimum atomic E-state index is -0.390. The standard InChI is InChI=1S/C22H24N2O2/c1-16-20(22(23)25)15-21(18-10-12-19(26-2)13-11-18)24(16)14-6-9-17-7-4-3-5-8-17/h3-5,7-8,10-13,15H,6,9,14H2,1-2H3,(H2,23,25). The highest BCUT2D eigenvalue weighted by atomic mass is 16.5. The van der Waals surface area contributed by atoms with Gasteiger partial charge in [0, 0.05) is 17.9 Å². The summed E-state index contributed by atoms with van der Waals surface area (Å²) in [7, 11) is 1.65. The zero-order chi connectivity index (χ0) is 18.5. The van der Waals surface area contributed by atoms with Gasteiger partial charge in [-0.3, -0.25) is 4.79 Å². The second-order valence-corrected chi connectivity index (χ2v) is 6.36. The van der Waals surface area contributed by atoms with Gasteiger partial charge in [-0.05, 0) is 61.2 Å². The van der Waals surface area contributed by atoms with Gasteiger partial charge in [0.15, 0.2) is 0 Å². The molecule has 0 radical (unpaired) electrons. The Morgan fingerprint density at radius 1 is 1.08 bits per heavy atom. The van der Waals surface area contributed by atoms with E-state index < -0.39 is 0 Å². The second-order valence-electron chi connectivity index (χ2n) is 6.36. The number of methoxy groups -OCH3 is 1. The third-order valence-corrected chi connectivity index (χ3v) is 4.71. The number of benzene rings is 2. The first-order chi connectivity index (χ1) is 12.6. The molecule has 0 spiro atoms. The van der Waals surface area contributed by atoms with Crippen molar-refractivity contribution in [1.82, 2.24) is 4.57 Å². The molecular formula is C22H24N2O2. The molecule has 4 nitrogen and oxygen atoms in total. The lowest BCUT2D eigenvalue weighted by atomic mass is 10.1. The van der Waals surface area contributed by atoms with Crippen LogP contribution in [0.5, 0.6) is 5.75 Å². The number of nitrogens with zero attached hydrogens (tertiary/aromatic N) is 1. The number of ether oxygens (including phenoxy) is 1. The summed E-state index contributed by atoms with van der Waals surface area (Å²) in [5, 5.41) is 0. The molecule has 0 aliphatic heterocycles. The van der Waals surface area contributed by atoms with Gasteiger partial charge in [-0.25, -0.2) is 0 Å². The zero-order valence-electron chi connectivity index (χ0n) is 15.2. The number of hydrogen-bond donors (Lipinski definition) is 1. The van der Waals surface area contributed by atoms with Crippen molar-refractivity contribution in [1.29, 1.82) is 0 Å². The largest absolute Gasteiger partial charge is 0.497 e. The Labute approximate surface area is 154 Å². The Morgan fingerprint density at radius 2 is 1.77 bits per heavy atom. The number of aromatic nitrogens is 1. The van der Waals surface area contributed by atoms with Crippen LogP contribution in [0.25, 0.3) is 11.3 Å². The number of amides is 1. The first-order valence-electron chi connectivity index (χ1n) is 8.78. The normalized spacial score (nSPS) is 10.7. The van der Waals surface area contributed by atoms with Gasteiger partial charge in [-0.1, -0.05) is 30.3 Å². The molecule has 0 aliphatic carbocycles. The molecule has 3 rings (SSSR count). The number of carbonyl (C=O) groups is 1. The molecule has 134 valence electrons. The summed E-state index contributed by atoms with van der Waals surface area (Å²) in [5.41, 5.74) is 10.4. The number of nitrogens with two attached hydrogens (primary N) is 1. The third-order valence-electron chi connectivity index (χ3n) is 4.71. The van der Waals surface area contributed by atoms with Crippen LogP contribution >= 0.6 is 0 Å². The lowest BCUT2D eigenvalue weighted by Crippen LogP contribution is -2.12. The van der Waals surface area contributed by atoms with Crippen LogP contribution in [-0.4, -0.2) is 17.6 Å². The SMILES string of the molecule is COc1ccc(-c2cc(C(N)=O)c(C)n2CCCc2ccccc2)cc1. The van der Waals surface area contributed by atoms with E-state index in [4.69, 9.17) is 10.5 Å². The van der Waals surface area contributed by atoms with Gasteiger partial charge in [-0.15, -0.1) is 0 Å². The van der Waals surface area contributed by atoms with Gasteiger partial charge in [0.05, 0.1) is 12.7 Å². The van der Waals surface area contributed by atoms with Crippen molar-refractivity contribution in [3.05, 3.63) is 77.5 Å². The Bertz CT molecular complexity index is 881. The molecular weight excluding hydrogens is 324 g/mol. The predicted octanol–water partition coefficient (Wildman–Crippen LogP) is 4.20. The van der Waals surface area contributed by atoms with Crippen LogP contribution in [0.4, 0.5) is 0 Å². The predicted molar refractivity (Wildman–Crippen MR) is 104 cm³/mol. The van der Waals surface area contributed by atoms with Crippen molar-refractivity contribution in [2.45, 2.75) is 26.3 Å². The van der Waals surface area contributed by atoms with E-state index in [1.54, 1.807) is 7.11 Å². The number of aryl methyl sites for hydroxylation is 1. The van der Waals surface area contributed by atoms with Gasteiger partial charge in [0.25, 0.3) is 5.91 Å². The number of primary amides is 1. The molecule has 2 aromatic carbocycles. The molecule has 0 aliphatic rings. The van der Waals surface area contributed by atoms with E-state index >= 15 is 0 Å².